The zero-order chi connectivity index (χ0) is 9.03. The molecule has 1 fully saturated rings. The van der Waals surface area contributed by atoms with E-state index in [0.29, 0.717) is 12.2 Å². The first-order valence-electron chi connectivity index (χ1n) is 4.49. The van der Waals surface area contributed by atoms with Gasteiger partial charge in [-0.05, 0) is 32.6 Å². The summed E-state index contributed by atoms with van der Waals surface area (Å²) < 4.78 is 5.35. The van der Waals surface area contributed by atoms with Gasteiger partial charge >= 0.3 is 5.97 Å². The van der Waals surface area contributed by atoms with Crippen LogP contribution in [0.5, 0.6) is 0 Å². The lowest BCUT2D eigenvalue weighted by molar-refractivity contribution is -0.156. The van der Waals surface area contributed by atoms with Crippen LogP contribution in [0.2, 0.25) is 0 Å². The van der Waals surface area contributed by atoms with Crippen molar-refractivity contribution >= 4 is 18.6 Å². The molecule has 0 saturated heterocycles. The van der Waals surface area contributed by atoms with Crippen LogP contribution in [0.25, 0.3) is 0 Å². The van der Waals surface area contributed by atoms with E-state index in [2.05, 4.69) is 12.6 Å². The Hall–Kier alpha value is -0.180. The van der Waals surface area contributed by atoms with Gasteiger partial charge in [0.05, 0.1) is 6.42 Å². The van der Waals surface area contributed by atoms with E-state index in [1.54, 1.807) is 0 Å². The molecule has 70 valence electrons. The van der Waals surface area contributed by atoms with E-state index < -0.39 is 0 Å². The molecule has 0 unspecified atom stereocenters. The van der Waals surface area contributed by atoms with Gasteiger partial charge in [-0.25, -0.2) is 0 Å². The molecule has 2 nitrogen and oxygen atoms in total. The van der Waals surface area contributed by atoms with Crippen molar-refractivity contribution in [2.24, 2.45) is 0 Å². The smallest absolute Gasteiger partial charge is 0.307 e. The van der Waals surface area contributed by atoms with Crippen LogP contribution in [0.3, 0.4) is 0 Å². The van der Waals surface area contributed by atoms with E-state index in [0.717, 1.165) is 12.8 Å². The fourth-order valence-corrected chi connectivity index (χ4v) is 1.82. The summed E-state index contributed by atoms with van der Waals surface area (Å²) in [4.78, 5) is 11.1. The normalized spacial score (nSPS) is 20.8. The standard InChI is InChI=1S/C9H16O2S/c1-9(5-2-3-6-9)11-8(10)4-7-12/h12H,2-7H2,1H3. The largest absolute Gasteiger partial charge is 0.459 e. The predicted molar refractivity (Wildman–Crippen MR) is 51.4 cm³/mol. The zero-order valence-electron chi connectivity index (χ0n) is 7.51. The molecule has 1 aliphatic rings. The molecule has 0 bridgehead atoms. The van der Waals surface area contributed by atoms with Crippen molar-refractivity contribution < 1.29 is 9.53 Å². The maximum Gasteiger partial charge on any atom is 0.307 e. The van der Waals surface area contributed by atoms with E-state index in [9.17, 15) is 4.79 Å². The summed E-state index contributed by atoms with van der Waals surface area (Å²) in [6, 6.07) is 0. The lowest BCUT2D eigenvalue weighted by Crippen LogP contribution is -2.28. The van der Waals surface area contributed by atoms with Crippen molar-refractivity contribution in [3.05, 3.63) is 0 Å². The zero-order valence-corrected chi connectivity index (χ0v) is 8.40. The molecule has 1 saturated carbocycles. The quantitative estimate of drug-likeness (QED) is 0.542. The highest BCUT2D eigenvalue weighted by molar-refractivity contribution is 7.80. The molecule has 0 spiro atoms. The van der Waals surface area contributed by atoms with Gasteiger partial charge in [-0.1, -0.05) is 0 Å². The number of ether oxygens (including phenoxy) is 1. The molecule has 0 N–H and O–H groups in total. The van der Waals surface area contributed by atoms with Crippen LogP contribution in [0.4, 0.5) is 0 Å². The summed E-state index contributed by atoms with van der Waals surface area (Å²) in [5, 5.41) is 0. The molecule has 0 atom stereocenters. The Morgan fingerprint density at radius 1 is 1.50 bits per heavy atom. The van der Waals surface area contributed by atoms with E-state index in [1.807, 2.05) is 6.92 Å². The molecule has 1 aliphatic carbocycles. The van der Waals surface area contributed by atoms with Crippen molar-refractivity contribution in [2.45, 2.75) is 44.6 Å². The number of carbonyl (C=O) groups is 1. The topological polar surface area (TPSA) is 26.3 Å². The van der Waals surface area contributed by atoms with Crippen LogP contribution < -0.4 is 0 Å². The predicted octanol–water partition coefficient (Wildman–Crippen LogP) is 2.18. The third-order valence-electron chi connectivity index (χ3n) is 2.34. The van der Waals surface area contributed by atoms with Crippen molar-refractivity contribution in [1.82, 2.24) is 0 Å². The van der Waals surface area contributed by atoms with Crippen molar-refractivity contribution in [1.29, 1.82) is 0 Å². The van der Waals surface area contributed by atoms with E-state index in [4.69, 9.17) is 4.74 Å². The van der Waals surface area contributed by atoms with Gasteiger partial charge in [0.2, 0.25) is 0 Å². The van der Waals surface area contributed by atoms with Gasteiger partial charge in [0.25, 0.3) is 0 Å². The van der Waals surface area contributed by atoms with Crippen molar-refractivity contribution in [3.63, 3.8) is 0 Å². The van der Waals surface area contributed by atoms with Crippen molar-refractivity contribution in [2.75, 3.05) is 5.75 Å². The van der Waals surface area contributed by atoms with Gasteiger partial charge in [-0.2, -0.15) is 12.6 Å². The summed E-state index contributed by atoms with van der Waals surface area (Å²) in [6.45, 7) is 2.02. The second-order valence-electron chi connectivity index (χ2n) is 3.60. The highest BCUT2D eigenvalue weighted by atomic mass is 32.1. The molecule has 0 radical (unpaired) electrons. The maximum atomic E-state index is 11.1. The lowest BCUT2D eigenvalue weighted by Gasteiger charge is -2.23. The molecule has 1 rings (SSSR count). The van der Waals surface area contributed by atoms with Crippen LogP contribution in [-0.2, 0) is 9.53 Å². The molecule has 0 heterocycles. The summed E-state index contributed by atoms with van der Waals surface area (Å²) in [6.07, 6.45) is 4.84. The number of hydrogen-bond donors (Lipinski definition) is 1. The summed E-state index contributed by atoms with van der Waals surface area (Å²) >= 11 is 3.98. The third-order valence-corrected chi connectivity index (χ3v) is 2.56. The second kappa shape index (κ2) is 4.17. The molecule has 0 amide bonds. The first kappa shape index (κ1) is 9.90. The number of esters is 1. The summed E-state index contributed by atoms with van der Waals surface area (Å²) in [5.74, 6) is 0.476. The molecule has 0 aromatic heterocycles. The lowest BCUT2D eigenvalue weighted by atomic mass is 10.1. The number of rotatable bonds is 3. The Balaban J connectivity index is 2.33. The molecule has 12 heavy (non-hydrogen) atoms. The van der Waals surface area contributed by atoms with Gasteiger partial charge in [0.15, 0.2) is 0 Å². The summed E-state index contributed by atoms with van der Waals surface area (Å²) in [5.41, 5.74) is -0.167. The van der Waals surface area contributed by atoms with Crippen LogP contribution in [0.1, 0.15) is 39.0 Å². The Morgan fingerprint density at radius 3 is 2.58 bits per heavy atom. The maximum absolute atomic E-state index is 11.1. The van der Waals surface area contributed by atoms with Crippen LogP contribution in [-0.4, -0.2) is 17.3 Å². The first-order valence-corrected chi connectivity index (χ1v) is 5.12. The average Bonchev–Trinajstić information content (AvgIpc) is 2.36. The Bertz CT molecular complexity index is 162. The molecular formula is C9H16O2S. The van der Waals surface area contributed by atoms with Gasteiger partial charge in [0.1, 0.15) is 5.60 Å². The SMILES string of the molecule is CC1(OC(=O)CCS)CCCC1. The molecular weight excluding hydrogens is 172 g/mol. The molecule has 0 aromatic carbocycles. The highest BCUT2D eigenvalue weighted by Gasteiger charge is 2.31. The first-order chi connectivity index (χ1) is 5.66. The Morgan fingerprint density at radius 2 is 2.08 bits per heavy atom. The van der Waals surface area contributed by atoms with Gasteiger partial charge < -0.3 is 4.74 Å². The highest BCUT2D eigenvalue weighted by Crippen LogP contribution is 2.32. The number of hydrogen-bond acceptors (Lipinski definition) is 3. The molecule has 3 heteroatoms. The Kier molecular flexibility index (Phi) is 3.44. The minimum Gasteiger partial charge on any atom is -0.459 e. The van der Waals surface area contributed by atoms with E-state index in [1.165, 1.54) is 12.8 Å². The van der Waals surface area contributed by atoms with Gasteiger partial charge in [-0.15, -0.1) is 0 Å². The minimum atomic E-state index is -0.167. The van der Waals surface area contributed by atoms with Crippen LogP contribution in [0, 0.1) is 0 Å². The molecule has 0 aliphatic heterocycles. The number of carbonyl (C=O) groups excluding carboxylic acids is 1. The fourth-order valence-electron chi connectivity index (χ4n) is 1.64. The van der Waals surface area contributed by atoms with E-state index >= 15 is 0 Å². The second-order valence-corrected chi connectivity index (χ2v) is 4.05. The van der Waals surface area contributed by atoms with Gasteiger partial charge in [0, 0.05) is 5.75 Å². The third kappa shape index (κ3) is 2.70. The average molecular weight is 188 g/mol. The Labute approximate surface area is 79.1 Å². The van der Waals surface area contributed by atoms with Crippen LogP contribution in [0.15, 0.2) is 0 Å². The van der Waals surface area contributed by atoms with Crippen LogP contribution >= 0.6 is 12.6 Å². The fraction of sp³-hybridized carbons (Fsp3) is 0.889. The number of thiol groups is 1. The van der Waals surface area contributed by atoms with E-state index in [-0.39, 0.29) is 11.6 Å². The summed E-state index contributed by atoms with van der Waals surface area (Å²) in [7, 11) is 0. The van der Waals surface area contributed by atoms with Crippen molar-refractivity contribution in [3.8, 4) is 0 Å². The minimum absolute atomic E-state index is 0.102. The monoisotopic (exact) mass is 188 g/mol. The molecule has 0 aromatic rings. The van der Waals surface area contributed by atoms with Gasteiger partial charge in [-0.3, -0.25) is 4.79 Å².